The van der Waals surface area contributed by atoms with Crippen LogP contribution in [0.2, 0.25) is 0 Å². The Hall–Kier alpha value is -0.640. The molecule has 0 saturated carbocycles. The second-order valence-corrected chi connectivity index (χ2v) is 3.35. The molecule has 0 aromatic heterocycles. The van der Waals surface area contributed by atoms with Crippen molar-refractivity contribution in [2.45, 2.75) is 12.8 Å². The Morgan fingerprint density at radius 2 is 2.46 bits per heavy atom. The van der Waals surface area contributed by atoms with Gasteiger partial charge in [0, 0.05) is 13.1 Å². The molecule has 0 bridgehead atoms. The first-order valence-electron chi connectivity index (χ1n) is 4.64. The highest BCUT2D eigenvalue weighted by molar-refractivity contribution is 5.72. The molecule has 0 aromatic rings. The predicted molar refractivity (Wildman–Crippen MR) is 47.2 cm³/mol. The summed E-state index contributed by atoms with van der Waals surface area (Å²) in [7, 11) is 1.40. The summed E-state index contributed by atoms with van der Waals surface area (Å²) in [5.74, 6) is -0.214. The summed E-state index contributed by atoms with van der Waals surface area (Å²) in [5, 5.41) is 0. The van der Waals surface area contributed by atoms with E-state index in [1.54, 1.807) is 0 Å². The van der Waals surface area contributed by atoms with Crippen LogP contribution in [0.4, 0.5) is 4.39 Å². The standard InChI is InChI=1S/C9H16FNO2/c1-13-9(12)8-3-2-5-11(7-8)6-4-10/h8H,2-7H2,1H3/t8-/m0/s1. The molecule has 1 atom stereocenters. The van der Waals surface area contributed by atoms with Gasteiger partial charge in [0.05, 0.1) is 13.0 Å². The normalized spacial score (nSPS) is 24.3. The minimum atomic E-state index is -0.339. The quantitative estimate of drug-likeness (QED) is 0.616. The second kappa shape index (κ2) is 5.17. The first-order chi connectivity index (χ1) is 6.27. The molecule has 4 heteroatoms. The number of nitrogens with zero attached hydrogens (tertiary/aromatic N) is 1. The summed E-state index contributed by atoms with van der Waals surface area (Å²) in [6, 6.07) is 0. The van der Waals surface area contributed by atoms with E-state index in [4.69, 9.17) is 0 Å². The lowest BCUT2D eigenvalue weighted by atomic mass is 9.98. The fourth-order valence-corrected chi connectivity index (χ4v) is 1.74. The summed E-state index contributed by atoms with van der Waals surface area (Å²) in [5.41, 5.74) is 0. The van der Waals surface area contributed by atoms with Crippen LogP contribution in [0.5, 0.6) is 0 Å². The minimum absolute atomic E-state index is 0.0506. The molecule has 1 rings (SSSR count). The Morgan fingerprint density at radius 3 is 3.08 bits per heavy atom. The summed E-state index contributed by atoms with van der Waals surface area (Å²) in [6.45, 7) is 1.65. The first-order valence-corrected chi connectivity index (χ1v) is 4.64. The van der Waals surface area contributed by atoms with Crippen molar-refractivity contribution in [1.82, 2.24) is 4.90 Å². The van der Waals surface area contributed by atoms with Crippen LogP contribution in [0.3, 0.4) is 0 Å². The number of hydrogen-bond donors (Lipinski definition) is 0. The zero-order valence-corrected chi connectivity index (χ0v) is 7.96. The lowest BCUT2D eigenvalue weighted by Gasteiger charge is -2.30. The average molecular weight is 189 g/mol. The number of carbonyl (C=O) groups is 1. The van der Waals surface area contributed by atoms with Gasteiger partial charge in [-0.2, -0.15) is 0 Å². The van der Waals surface area contributed by atoms with Crippen molar-refractivity contribution in [3.63, 3.8) is 0 Å². The van der Waals surface area contributed by atoms with Crippen LogP contribution in [-0.2, 0) is 9.53 Å². The number of methoxy groups -OCH3 is 1. The summed E-state index contributed by atoms with van der Waals surface area (Å²) >= 11 is 0. The van der Waals surface area contributed by atoms with Gasteiger partial charge in [-0.05, 0) is 19.4 Å². The molecule has 13 heavy (non-hydrogen) atoms. The molecular formula is C9H16FNO2. The van der Waals surface area contributed by atoms with E-state index in [1.807, 2.05) is 4.90 Å². The maximum absolute atomic E-state index is 12.0. The number of alkyl halides is 1. The molecule has 0 radical (unpaired) electrons. The van der Waals surface area contributed by atoms with E-state index in [-0.39, 0.29) is 18.6 Å². The third-order valence-corrected chi connectivity index (χ3v) is 2.44. The minimum Gasteiger partial charge on any atom is -0.469 e. The van der Waals surface area contributed by atoms with Gasteiger partial charge in [0.1, 0.15) is 6.67 Å². The predicted octanol–water partition coefficient (Wildman–Crippen LogP) is 0.841. The van der Waals surface area contributed by atoms with E-state index in [0.29, 0.717) is 13.1 Å². The van der Waals surface area contributed by atoms with Gasteiger partial charge in [0.15, 0.2) is 0 Å². The zero-order chi connectivity index (χ0) is 9.68. The first kappa shape index (κ1) is 10.4. The maximum Gasteiger partial charge on any atom is 0.309 e. The van der Waals surface area contributed by atoms with Gasteiger partial charge in [-0.3, -0.25) is 9.69 Å². The number of halogens is 1. The van der Waals surface area contributed by atoms with Crippen LogP contribution in [0.15, 0.2) is 0 Å². The summed E-state index contributed by atoms with van der Waals surface area (Å²) < 4.78 is 16.7. The highest BCUT2D eigenvalue weighted by atomic mass is 19.1. The van der Waals surface area contributed by atoms with Crippen molar-refractivity contribution in [3.05, 3.63) is 0 Å². The fraction of sp³-hybridized carbons (Fsp3) is 0.889. The molecule has 76 valence electrons. The summed E-state index contributed by atoms with van der Waals surface area (Å²) in [4.78, 5) is 13.2. The Kier molecular flexibility index (Phi) is 4.15. The van der Waals surface area contributed by atoms with Crippen molar-refractivity contribution in [3.8, 4) is 0 Å². The lowest BCUT2D eigenvalue weighted by molar-refractivity contribution is -0.147. The largest absolute Gasteiger partial charge is 0.469 e. The molecule has 1 heterocycles. The molecule has 0 aromatic carbocycles. The Labute approximate surface area is 77.9 Å². The molecule has 1 fully saturated rings. The Balaban J connectivity index is 2.37. The fourth-order valence-electron chi connectivity index (χ4n) is 1.74. The van der Waals surface area contributed by atoms with E-state index in [1.165, 1.54) is 7.11 Å². The van der Waals surface area contributed by atoms with E-state index >= 15 is 0 Å². The number of esters is 1. The van der Waals surface area contributed by atoms with Gasteiger partial charge in [-0.25, -0.2) is 4.39 Å². The molecule has 0 N–H and O–H groups in total. The van der Waals surface area contributed by atoms with Crippen molar-refractivity contribution in [2.24, 2.45) is 5.92 Å². The smallest absolute Gasteiger partial charge is 0.309 e. The third kappa shape index (κ3) is 2.95. The Morgan fingerprint density at radius 1 is 1.69 bits per heavy atom. The van der Waals surface area contributed by atoms with Crippen molar-refractivity contribution >= 4 is 5.97 Å². The van der Waals surface area contributed by atoms with Crippen molar-refractivity contribution < 1.29 is 13.9 Å². The van der Waals surface area contributed by atoms with Gasteiger partial charge in [0.2, 0.25) is 0 Å². The van der Waals surface area contributed by atoms with Gasteiger partial charge in [-0.15, -0.1) is 0 Å². The van der Waals surface area contributed by atoms with Crippen LogP contribution in [0, 0.1) is 5.92 Å². The van der Waals surface area contributed by atoms with Gasteiger partial charge in [-0.1, -0.05) is 0 Å². The highest BCUT2D eigenvalue weighted by Gasteiger charge is 2.25. The molecule has 1 aliphatic heterocycles. The van der Waals surface area contributed by atoms with E-state index < -0.39 is 0 Å². The van der Waals surface area contributed by atoms with Crippen LogP contribution >= 0.6 is 0 Å². The lowest BCUT2D eigenvalue weighted by Crippen LogP contribution is -2.40. The number of rotatable bonds is 3. The molecule has 0 amide bonds. The molecule has 1 aliphatic rings. The van der Waals surface area contributed by atoms with Gasteiger partial charge < -0.3 is 4.74 Å². The zero-order valence-electron chi connectivity index (χ0n) is 7.96. The molecule has 1 saturated heterocycles. The average Bonchev–Trinajstić information content (AvgIpc) is 2.18. The van der Waals surface area contributed by atoms with Crippen LogP contribution in [0.1, 0.15) is 12.8 Å². The van der Waals surface area contributed by atoms with Crippen molar-refractivity contribution in [2.75, 3.05) is 33.4 Å². The van der Waals surface area contributed by atoms with Crippen molar-refractivity contribution in [1.29, 1.82) is 0 Å². The van der Waals surface area contributed by atoms with Crippen LogP contribution < -0.4 is 0 Å². The Bertz CT molecular complexity index is 173. The topological polar surface area (TPSA) is 29.5 Å². The third-order valence-electron chi connectivity index (χ3n) is 2.44. The second-order valence-electron chi connectivity index (χ2n) is 3.35. The van der Waals surface area contributed by atoms with E-state index in [9.17, 15) is 9.18 Å². The van der Waals surface area contributed by atoms with Gasteiger partial charge >= 0.3 is 5.97 Å². The molecular weight excluding hydrogens is 173 g/mol. The molecule has 0 unspecified atom stereocenters. The number of likely N-dealkylation sites (tertiary alicyclic amines) is 1. The SMILES string of the molecule is COC(=O)[C@H]1CCCN(CCF)C1. The highest BCUT2D eigenvalue weighted by Crippen LogP contribution is 2.17. The van der Waals surface area contributed by atoms with E-state index in [2.05, 4.69) is 4.74 Å². The molecule has 0 spiro atoms. The van der Waals surface area contributed by atoms with E-state index in [0.717, 1.165) is 19.4 Å². The number of piperidine rings is 1. The van der Waals surface area contributed by atoms with Crippen LogP contribution in [-0.4, -0.2) is 44.3 Å². The number of hydrogen-bond acceptors (Lipinski definition) is 3. The molecule has 0 aliphatic carbocycles. The number of ether oxygens (including phenoxy) is 1. The van der Waals surface area contributed by atoms with Crippen LogP contribution in [0.25, 0.3) is 0 Å². The molecule has 3 nitrogen and oxygen atoms in total. The number of carbonyl (C=O) groups excluding carboxylic acids is 1. The maximum atomic E-state index is 12.0. The monoisotopic (exact) mass is 189 g/mol. The van der Waals surface area contributed by atoms with Gasteiger partial charge in [0.25, 0.3) is 0 Å². The summed E-state index contributed by atoms with van der Waals surface area (Å²) in [6.07, 6.45) is 1.83.